The molecule has 24 heavy (non-hydrogen) atoms. The van der Waals surface area contributed by atoms with Crippen LogP contribution in [-0.4, -0.2) is 41.4 Å². The lowest BCUT2D eigenvalue weighted by atomic mass is 9.91. The highest BCUT2D eigenvalue weighted by atomic mass is 16.2. The largest absolute Gasteiger partial charge is 0.339 e. The summed E-state index contributed by atoms with van der Waals surface area (Å²) in [6.45, 7) is 4.84. The number of urea groups is 1. The SMILES string of the molecule is Cc1cc(C)cc(C2(C(=O)N3CCC4(C3)NC(=O)NC4=O)CC2)c1. The average Bonchev–Trinajstić information content (AvgIpc) is 3.13. The second-order valence-corrected chi connectivity index (χ2v) is 7.43. The first-order valence-corrected chi connectivity index (χ1v) is 8.36. The van der Waals surface area contributed by atoms with E-state index in [2.05, 4.69) is 28.8 Å². The lowest BCUT2D eigenvalue weighted by Crippen LogP contribution is -2.50. The van der Waals surface area contributed by atoms with Crippen molar-refractivity contribution in [3.63, 3.8) is 0 Å². The molecule has 6 heteroatoms. The van der Waals surface area contributed by atoms with E-state index in [1.165, 1.54) is 0 Å². The molecule has 2 saturated heterocycles. The maximum Gasteiger partial charge on any atom is 0.322 e. The highest BCUT2D eigenvalue weighted by molar-refractivity contribution is 6.08. The molecule has 2 aliphatic heterocycles. The molecule has 2 heterocycles. The van der Waals surface area contributed by atoms with Gasteiger partial charge in [0.2, 0.25) is 5.91 Å². The number of likely N-dealkylation sites (tertiary alicyclic amines) is 1. The predicted molar refractivity (Wildman–Crippen MR) is 87.4 cm³/mol. The van der Waals surface area contributed by atoms with E-state index in [9.17, 15) is 14.4 Å². The number of imide groups is 1. The first kappa shape index (κ1) is 15.2. The van der Waals surface area contributed by atoms with Gasteiger partial charge in [-0.15, -0.1) is 0 Å². The number of hydrogen-bond donors (Lipinski definition) is 2. The molecule has 3 aliphatic rings. The number of carbonyl (C=O) groups excluding carboxylic acids is 3. The fraction of sp³-hybridized carbons (Fsp3) is 0.500. The zero-order valence-corrected chi connectivity index (χ0v) is 13.9. The Morgan fingerprint density at radius 3 is 2.29 bits per heavy atom. The van der Waals surface area contributed by atoms with Gasteiger partial charge in [-0.25, -0.2) is 4.79 Å². The molecule has 1 spiro atoms. The molecule has 1 aromatic carbocycles. The van der Waals surface area contributed by atoms with Crippen LogP contribution >= 0.6 is 0 Å². The minimum atomic E-state index is -0.939. The lowest BCUT2D eigenvalue weighted by molar-refractivity contribution is -0.133. The summed E-state index contributed by atoms with van der Waals surface area (Å²) < 4.78 is 0. The van der Waals surface area contributed by atoms with Gasteiger partial charge in [0.25, 0.3) is 5.91 Å². The van der Waals surface area contributed by atoms with Crippen molar-refractivity contribution in [3.05, 3.63) is 34.9 Å². The van der Waals surface area contributed by atoms with Gasteiger partial charge in [-0.3, -0.25) is 14.9 Å². The third kappa shape index (κ3) is 2.12. The Kier molecular flexibility index (Phi) is 3.04. The van der Waals surface area contributed by atoms with E-state index < -0.39 is 17.0 Å². The topological polar surface area (TPSA) is 78.5 Å². The zero-order valence-electron chi connectivity index (χ0n) is 13.9. The monoisotopic (exact) mass is 327 g/mol. The number of nitrogens with zero attached hydrogens (tertiary/aromatic N) is 1. The van der Waals surface area contributed by atoms with E-state index in [1.807, 2.05) is 13.8 Å². The Morgan fingerprint density at radius 1 is 1.08 bits per heavy atom. The molecule has 0 aromatic heterocycles. The molecule has 126 valence electrons. The van der Waals surface area contributed by atoms with Gasteiger partial charge >= 0.3 is 6.03 Å². The summed E-state index contributed by atoms with van der Waals surface area (Å²) in [5, 5.41) is 4.98. The quantitative estimate of drug-likeness (QED) is 0.800. The zero-order chi connectivity index (χ0) is 17.1. The highest BCUT2D eigenvalue weighted by Crippen LogP contribution is 2.50. The summed E-state index contributed by atoms with van der Waals surface area (Å²) in [4.78, 5) is 38.4. The summed E-state index contributed by atoms with van der Waals surface area (Å²) in [6.07, 6.45) is 2.16. The minimum absolute atomic E-state index is 0.0818. The van der Waals surface area contributed by atoms with Crippen molar-refractivity contribution in [1.29, 1.82) is 0 Å². The molecule has 1 unspecified atom stereocenters. The molecule has 2 N–H and O–H groups in total. The Labute approximate surface area is 140 Å². The van der Waals surface area contributed by atoms with Crippen LogP contribution in [0.3, 0.4) is 0 Å². The van der Waals surface area contributed by atoms with Crippen LogP contribution in [0.2, 0.25) is 0 Å². The van der Waals surface area contributed by atoms with E-state index in [1.54, 1.807) is 4.90 Å². The first-order valence-electron chi connectivity index (χ1n) is 8.36. The van der Waals surface area contributed by atoms with Gasteiger partial charge in [0.05, 0.1) is 12.0 Å². The number of benzene rings is 1. The fourth-order valence-corrected chi connectivity index (χ4v) is 4.10. The van der Waals surface area contributed by atoms with Gasteiger partial charge in [-0.2, -0.15) is 0 Å². The number of carbonyl (C=O) groups is 3. The number of rotatable bonds is 2. The number of aryl methyl sites for hydroxylation is 2. The van der Waals surface area contributed by atoms with Crippen LogP contribution in [0, 0.1) is 13.8 Å². The van der Waals surface area contributed by atoms with Crippen LogP contribution in [0.25, 0.3) is 0 Å². The van der Waals surface area contributed by atoms with Gasteiger partial charge in [0.15, 0.2) is 0 Å². The number of hydrogen-bond acceptors (Lipinski definition) is 3. The number of nitrogens with one attached hydrogen (secondary N) is 2. The molecule has 0 radical (unpaired) electrons. The van der Waals surface area contributed by atoms with E-state index in [-0.39, 0.29) is 18.4 Å². The van der Waals surface area contributed by atoms with Crippen LogP contribution in [0.1, 0.15) is 36.0 Å². The molecule has 4 amide bonds. The molecule has 3 fully saturated rings. The Hall–Kier alpha value is -2.37. The van der Waals surface area contributed by atoms with Gasteiger partial charge in [0, 0.05) is 6.54 Å². The van der Waals surface area contributed by atoms with E-state index in [0.717, 1.165) is 29.5 Å². The molecular formula is C18H21N3O3. The standard InChI is InChI=1S/C18H21N3O3/c1-11-7-12(2)9-13(8-11)17(3-4-17)15(23)21-6-5-18(10-21)14(22)19-16(24)20-18/h7-9H,3-6,10H2,1-2H3,(H2,19,20,22,24). The second-order valence-electron chi connectivity index (χ2n) is 7.43. The van der Waals surface area contributed by atoms with E-state index >= 15 is 0 Å². The number of amides is 4. The van der Waals surface area contributed by atoms with E-state index in [4.69, 9.17) is 0 Å². The first-order chi connectivity index (χ1) is 11.3. The van der Waals surface area contributed by atoms with Crippen LogP contribution < -0.4 is 10.6 Å². The molecule has 1 saturated carbocycles. The van der Waals surface area contributed by atoms with Crippen LogP contribution in [0.5, 0.6) is 0 Å². The highest BCUT2D eigenvalue weighted by Gasteiger charge is 2.58. The van der Waals surface area contributed by atoms with Crippen LogP contribution in [0.15, 0.2) is 18.2 Å². The third-order valence-corrected chi connectivity index (χ3v) is 5.50. The summed E-state index contributed by atoms with van der Waals surface area (Å²) >= 11 is 0. The molecule has 1 atom stereocenters. The van der Waals surface area contributed by atoms with Crippen molar-refractivity contribution in [3.8, 4) is 0 Å². The third-order valence-electron chi connectivity index (χ3n) is 5.50. The predicted octanol–water partition coefficient (Wildman–Crippen LogP) is 1.15. The van der Waals surface area contributed by atoms with Crippen molar-refractivity contribution >= 4 is 17.8 Å². The minimum Gasteiger partial charge on any atom is -0.339 e. The normalized spacial score (nSPS) is 27.3. The smallest absolute Gasteiger partial charge is 0.322 e. The summed E-state index contributed by atoms with van der Waals surface area (Å²) in [5.41, 5.74) is 2.01. The van der Waals surface area contributed by atoms with Crippen molar-refractivity contribution in [1.82, 2.24) is 15.5 Å². The van der Waals surface area contributed by atoms with Gasteiger partial charge in [-0.1, -0.05) is 29.3 Å². The molecule has 1 aliphatic carbocycles. The molecular weight excluding hydrogens is 306 g/mol. The lowest BCUT2D eigenvalue weighted by Gasteiger charge is -2.26. The van der Waals surface area contributed by atoms with Gasteiger partial charge in [-0.05, 0) is 38.7 Å². The van der Waals surface area contributed by atoms with Crippen molar-refractivity contribution in [2.45, 2.75) is 44.1 Å². The van der Waals surface area contributed by atoms with Gasteiger partial charge in [0.1, 0.15) is 5.54 Å². The van der Waals surface area contributed by atoms with Gasteiger partial charge < -0.3 is 10.2 Å². The van der Waals surface area contributed by atoms with Crippen molar-refractivity contribution in [2.24, 2.45) is 0 Å². The molecule has 0 bridgehead atoms. The second kappa shape index (κ2) is 4.82. The maximum atomic E-state index is 13.2. The van der Waals surface area contributed by atoms with Crippen LogP contribution in [0.4, 0.5) is 4.79 Å². The summed E-state index contributed by atoms with van der Waals surface area (Å²) in [5.74, 6) is -0.239. The van der Waals surface area contributed by atoms with Crippen molar-refractivity contribution < 1.29 is 14.4 Å². The Bertz CT molecular complexity index is 749. The fourth-order valence-electron chi connectivity index (χ4n) is 4.10. The maximum absolute atomic E-state index is 13.2. The molecule has 1 aromatic rings. The Morgan fingerprint density at radius 2 is 1.75 bits per heavy atom. The summed E-state index contributed by atoms with van der Waals surface area (Å²) in [6, 6.07) is 5.82. The van der Waals surface area contributed by atoms with Crippen LogP contribution in [-0.2, 0) is 15.0 Å². The summed E-state index contributed by atoms with van der Waals surface area (Å²) in [7, 11) is 0. The average molecular weight is 327 g/mol. The molecule has 4 rings (SSSR count). The van der Waals surface area contributed by atoms with E-state index in [0.29, 0.717) is 13.0 Å². The molecule has 6 nitrogen and oxygen atoms in total. The Balaban J connectivity index is 1.58. The van der Waals surface area contributed by atoms with Crippen molar-refractivity contribution in [2.75, 3.05) is 13.1 Å².